The van der Waals surface area contributed by atoms with Gasteiger partial charge in [-0.25, -0.2) is 0 Å². The summed E-state index contributed by atoms with van der Waals surface area (Å²) in [6.45, 7) is 0. The molecule has 0 aromatic rings. The van der Waals surface area contributed by atoms with Crippen molar-refractivity contribution in [2.75, 3.05) is 0 Å². The molecule has 0 spiro atoms. The van der Waals surface area contributed by atoms with Crippen LogP contribution in [0.5, 0.6) is 0 Å². The van der Waals surface area contributed by atoms with Gasteiger partial charge in [0.25, 0.3) is 0 Å². The Hall–Kier alpha value is -0.600. The molecular formula is C2HN2OS+. The van der Waals surface area contributed by atoms with Gasteiger partial charge in [-0.1, -0.05) is 0 Å². The molecule has 0 saturated heterocycles. The van der Waals surface area contributed by atoms with Gasteiger partial charge >= 0.3 is 11.3 Å². The van der Waals surface area contributed by atoms with E-state index in [9.17, 15) is 0 Å². The zero-order chi connectivity index (χ0) is 4.41. The number of nitrogens with zero attached hydrogens (tertiary/aromatic N) is 2. The molecule has 0 aromatic heterocycles. The van der Waals surface area contributed by atoms with Crippen molar-refractivity contribution in [1.29, 1.82) is 0 Å². The minimum Gasteiger partial charge on any atom is -0.272 e. The topological polar surface area (TPSA) is 34.0 Å². The normalized spacial score (nSPS) is 15.8. The lowest BCUT2D eigenvalue weighted by Gasteiger charge is -1.66. The van der Waals surface area contributed by atoms with Gasteiger partial charge in [0.05, 0.1) is 5.28 Å². The molecule has 0 saturated carbocycles. The van der Waals surface area contributed by atoms with Crippen molar-refractivity contribution >= 4 is 12.6 Å². The fourth-order valence-electron chi connectivity index (χ4n) is 0.143. The Morgan fingerprint density at radius 3 is 2.83 bits per heavy atom. The Bertz CT molecular complexity index is 108. The van der Waals surface area contributed by atoms with Gasteiger partial charge in [-0.2, -0.15) is 0 Å². The Morgan fingerprint density at radius 1 is 1.83 bits per heavy atom. The zero-order valence-electron chi connectivity index (χ0n) is 2.75. The third-order valence-corrected chi connectivity index (χ3v) is 0.495. The van der Waals surface area contributed by atoms with E-state index in [1.807, 2.05) is 0 Å². The van der Waals surface area contributed by atoms with E-state index in [4.69, 9.17) is 0 Å². The van der Waals surface area contributed by atoms with E-state index in [0.717, 1.165) is 0 Å². The van der Waals surface area contributed by atoms with Crippen LogP contribution in [0.3, 0.4) is 0 Å². The molecule has 0 aromatic carbocycles. The van der Waals surface area contributed by atoms with Crippen LogP contribution in [0.1, 0.15) is 0 Å². The van der Waals surface area contributed by atoms with E-state index in [0.29, 0.717) is 5.09 Å². The molecule has 0 fully saturated rings. The number of hydrogen-bond donors (Lipinski definition) is 1. The Kier molecular flexibility index (Phi) is 0.742. The molecule has 0 radical (unpaired) electrons. The standard InChI is InChI=1S/C2N2OS/c6-2-1-3-4-5-2/p+1. The highest BCUT2D eigenvalue weighted by atomic mass is 32.1. The van der Waals surface area contributed by atoms with Crippen LogP contribution in [0.4, 0.5) is 0 Å². The molecule has 0 aliphatic carbocycles. The zero-order valence-corrected chi connectivity index (χ0v) is 3.64. The average Bonchev–Trinajstić information content (AvgIpc) is 1.86. The second kappa shape index (κ2) is 1.24. The van der Waals surface area contributed by atoms with Gasteiger partial charge in [-0.3, -0.25) is 4.84 Å². The fourth-order valence-corrected chi connectivity index (χ4v) is 0.224. The van der Waals surface area contributed by atoms with Crippen molar-refractivity contribution in [3.8, 4) is 0 Å². The molecule has 0 unspecified atom stereocenters. The second-order valence-electron chi connectivity index (χ2n) is 0.690. The van der Waals surface area contributed by atoms with E-state index in [-0.39, 0.29) is 0 Å². The van der Waals surface area contributed by atoms with Gasteiger partial charge < -0.3 is 0 Å². The first-order chi connectivity index (χ1) is 2.89. The van der Waals surface area contributed by atoms with E-state index in [1.54, 1.807) is 0 Å². The van der Waals surface area contributed by atoms with Crippen LogP contribution in [0, 0.1) is 6.20 Å². The molecule has 6 heavy (non-hydrogen) atoms. The Labute approximate surface area is 40.1 Å². The maximum Gasteiger partial charge on any atom is 0.486 e. The van der Waals surface area contributed by atoms with Crippen molar-refractivity contribution in [1.82, 2.24) is 0 Å². The van der Waals surface area contributed by atoms with Crippen LogP contribution in [0.15, 0.2) is 15.5 Å². The minimum absolute atomic E-state index is 0.315. The first kappa shape index (κ1) is 3.59. The molecule has 1 aliphatic heterocycles. The lowest BCUT2D eigenvalue weighted by atomic mass is 11.0. The number of rotatable bonds is 0. The first-order valence-corrected chi connectivity index (χ1v) is 1.73. The highest BCUT2D eigenvalue weighted by Crippen LogP contribution is 2.07. The molecule has 0 bridgehead atoms. The van der Waals surface area contributed by atoms with Gasteiger partial charge in [0.2, 0.25) is 0 Å². The summed E-state index contributed by atoms with van der Waals surface area (Å²) in [5, 5.41) is 6.58. The molecule has 1 heterocycles. The first-order valence-electron chi connectivity index (χ1n) is 1.28. The molecule has 1 aliphatic rings. The van der Waals surface area contributed by atoms with Crippen LogP contribution in [-0.4, -0.2) is 0 Å². The van der Waals surface area contributed by atoms with Crippen molar-refractivity contribution in [2.24, 2.45) is 10.4 Å². The summed E-state index contributed by atoms with van der Waals surface area (Å²) < 4.78 is 0. The lowest BCUT2D eigenvalue weighted by Crippen LogP contribution is -1.61. The van der Waals surface area contributed by atoms with Crippen LogP contribution in [-0.2, 0) is 4.84 Å². The maximum absolute atomic E-state index is 4.28. The van der Waals surface area contributed by atoms with Crippen LogP contribution in [0.25, 0.3) is 0 Å². The summed E-state index contributed by atoms with van der Waals surface area (Å²) in [7, 11) is 0. The van der Waals surface area contributed by atoms with Crippen molar-refractivity contribution in [2.45, 2.75) is 0 Å². The highest BCUT2D eigenvalue weighted by Gasteiger charge is 2.12. The van der Waals surface area contributed by atoms with E-state index in [1.165, 1.54) is 0 Å². The number of thiol groups is 1. The summed E-state index contributed by atoms with van der Waals surface area (Å²) in [6, 6.07) is 0. The van der Waals surface area contributed by atoms with Gasteiger partial charge in [-0.05, 0) is 12.6 Å². The molecule has 0 N–H and O–H groups in total. The molecule has 0 amide bonds. The average molecular weight is 101 g/mol. The molecular weight excluding hydrogens is 100 g/mol. The molecule has 30 valence electrons. The quantitative estimate of drug-likeness (QED) is 0.357. The van der Waals surface area contributed by atoms with Crippen LogP contribution >= 0.6 is 12.6 Å². The second-order valence-corrected chi connectivity index (χ2v) is 1.10. The smallest absolute Gasteiger partial charge is 0.272 e. The Morgan fingerprint density at radius 2 is 2.67 bits per heavy atom. The van der Waals surface area contributed by atoms with Crippen molar-refractivity contribution in [3.05, 3.63) is 11.3 Å². The summed E-state index contributed by atoms with van der Waals surface area (Å²) in [6.07, 6.45) is 2.34. The molecule has 4 heteroatoms. The fraction of sp³-hybridized carbons (Fsp3) is 0. The van der Waals surface area contributed by atoms with Crippen LogP contribution < -0.4 is 0 Å². The van der Waals surface area contributed by atoms with Gasteiger partial charge in [0.1, 0.15) is 0 Å². The van der Waals surface area contributed by atoms with E-state index in [2.05, 4.69) is 34.1 Å². The largest absolute Gasteiger partial charge is 0.486 e. The summed E-state index contributed by atoms with van der Waals surface area (Å²) in [5.41, 5.74) is 0. The SMILES string of the molecule is SC1=[C+]N=NO1. The molecule has 0 atom stereocenters. The third kappa shape index (κ3) is 0.478. The van der Waals surface area contributed by atoms with E-state index >= 15 is 0 Å². The minimum atomic E-state index is 0.315. The van der Waals surface area contributed by atoms with E-state index < -0.39 is 0 Å². The predicted molar refractivity (Wildman–Crippen MR) is 21.7 cm³/mol. The summed E-state index contributed by atoms with van der Waals surface area (Å²) in [5.74, 6) is 0. The molecule has 3 nitrogen and oxygen atoms in total. The Balaban J connectivity index is 2.61. The molecule has 1 rings (SSSR count). The van der Waals surface area contributed by atoms with Crippen molar-refractivity contribution < 1.29 is 4.84 Å². The van der Waals surface area contributed by atoms with Gasteiger partial charge in [0.15, 0.2) is 5.11 Å². The van der Waals surface area contributed by atoms with Gasteiger partial charge in [0, 0.05) is 0 Å². The summed E-state index contributed by atoms with van der Waals surface area (Å²) >= 11 is 3.69. The van der Waals surface area contributed by atoms with Gasteiger partial charge in [-0.15, -0.1) is 0 Å². The monoisotopic (exact) mass is 101 g/mol. The predicted octanol–water partition coefficient (Wildman–Crippen LogP) is 0.916. The van der Waals surface area contributed by atoms with Crippen LogP contribution in [0.2, 0.25) is 0 Å². The number of hydrogen-bond acceptors (Lipinski definition) is 4. The lowest BCUT2D eigenvalue weighted by molar-refractivity contribution is 0.251. The van der Waals surface area contributed by atoms with Crippen molar-refractivity contribution in [3.63, 3.8) is 0 Å². The summed E-state index contributed by atoms with van der Waals surface area (Å²) in [4.78, 5) is 4.28. The highest BCUT2D eigenvalue weighted by molar-refractivity contribution is 7.84. The maximum atomic E-state index is 4.28. The third-order valence-electron chi connectivity index (χ3n) is 0.314.